The molecule has 2 N–H and O–H groups in total. The minimum absolute atomic E-state index is 0.0583. The topological polar surface area (TPSA) is 66.9 Å². The Balaban J connectivity index is 2.04. The second kappa shape index (κ2) is 7.17. The average Bonchev–Trinajstić information content (AvgIpc) is 2.51. The van der Waals surface area contributed by atoms with Crippen molar-refractivity contribution in [2.45, 2.75) is 26.3 Å². The fourth-order valence-corrected chi connectivity index (χ4v) is 1.83. The molecule has 2 rings (SSSR count). The third kappa shape index (κ3) is 4.14. The number of carbonyl (C=O) groups excluding carboxylic acids is 1. The van der Waals surface area contributed by atoms with Gasteiger partial charge in [-0.3, -0.25) is 4.79 Å². The maximum atomic E-state index is 13.1. The van der Waals surface area contributed by atoms with Crippen molar-refractivity contribution in [3.63, 3.8) is 0 Å². The van der Waals surface area contributed by atoms with Gasteiger partial charge in [0.25, 0.3) is 5.91 Å². The van der Waals surface area contributed by atoms with Gasteiger partial charge in [-0.1, -0.05) is 18.5 Å². The number of hydrogen-bond acceptors (Lipinski definition) is 4. The predicted octanol–water partition coefficient (Wildman–Crippen LogP) is 3.73. The summed E-state index contributed by atoms with van der Waals surface area (Å²) < 4.78 is 13.1. The van der Waals surface area contributed by atoms with Crippen molar-refractivity contribution >= 4 is 29.0 Å². The summed E-state index contributed by atoms with van der Waals surface area (Å²) in [6.45, 7) is 4.08. The van der Waals surface area contributed by atoms with E-state index in [0.717, 1.165) is 6.42 Å². The molecule has 0 radical (unpaired) electrons. The first-order valence-corrected chi connectivity index (χ1v) is 7.24. The van der Waals surface area contributed by atoms with Crippen molar-refractivity contribution in [3.05, 3.63) is 46.9 Å². The number of nitrogens with zero attached hydrogens (tertiary/aromatic N) is 2. The Hall–Kier alpha value is -2.21. The van der Waals surface area contributed by atoms with Gasteiger partial charge >= 0.3 is 0 Å². The smallest absolute Gasteiger partial charge is 0.276 e. The first-order valence-electron chi connectivity index (χ1n) is 6.86. The normalized spacial score (nSPS) is 11.8. The molecule has 1 unspecified atom stereocenters. The van der Waals surface area contributed by atoms with E-state index in [1.807, 2.05) is 6.92 Å². The molecule has 1 aromatic heterocycles. The van der Waals surface area contributed by atoms with E-state index in [2.05, 4.69) is 27.8 Å². The van der Waals surface area contributed by atoms with Crippen LogP contribution in [0.2, 0.25) is 5.02 Å². The van der Waals surface area contributed by atoms with Crippen LogP contribution < -0.4 is 10.6 Å². The molecule has 0 aliphatic carbocycles. The zero-order valence-electron chi connectivity index (χ0n) is 12.2. The Labute approximate surface area is 132 Å². The van der Waals surface area contributed by atoms with Crippen LogP contribution in [0.1, 0.15) is 30.8 Å². The molecule has 0 fully saturated rings. The van der Waals surface area contributed by atoms with Gasteiger partial charge in [-0.15, -0.1) is 10.2 Å². The third-order valence-electron chi connectivity index (χ3n) is 3.08. The lowest BCUT2D eigenvalue weighted by atomic mass is 10.2. The number of nitrogens with one attached hydrogen (secondary N) is 2. The van der Waals surface area contributed by atoms with Crippen molar-refractivity contribution in [2.24, 2.45) is 0 Å². The van der Waals surface area contributed by atoms with Gasteiger partial charge in [-0.25, -0.2) is 4.39 Å². The largest absolute Gasteiger partial charge is 0.366 e. The maximum Gasteiger partial charge on any atom is 0.276 e. The molecule has 7 heteroatoms. The predicted molar refractivity (Wildman–Crippen MR) is 84.8 cm³/mol. The molecular weight excluding hydrogens is 307 g/mol. The number of benzene rings is 1. The number of hydrogen-bond donors (Lipinski definition) is 2. The zero-order valence-corrected chi connectivity index (χ0v) is 13.0. The average molecular weight is 323 g/mol. The number of halogens is 2. The van der Waals surface area contributed by atoms with E-state index >= 15 is 0 Å². The van der Waals surface area contributed by atoms with E-state index < -0.39 is 11.7 Å². The highest BCUT2D eigenvalue weighted by atomic mass is 35.5. The number of anilines is 2. The van der Waals surface area contributed by atoms with Crippen molar-refractivity contribution < 1.29 is 9.18 Å². The van der Waals surface area contributed by atoms with Crippen LogP contribution in [-0.2, 0) is 0 Å². The molecule has 1 atom stereocenters. The van der Waals surface area contributed by atoms with Crippen LogP contribution in [0.5, 0.6) is 0 Å². The maximum absolute atomic E-state index is 13.1. The van der Waals surface area contributed by atoms with Crippen molar-refractivity contribution in [1.82, 2.24) is 10.2 Å². The van der Waals surface area contributed by atoms with Gasteiger partial charge in [0.05, 0.1) is 5.02 Å². The molecule has 5 nitrogen and oxygen atoms in total. The van der Waals surface area contributed by atoms with Gasteiger partial charge in [-0.2, -0.15) is 0 Å². The molecule has 22 heavy (non-hydrogen) atoms. The monoisotopic (exact) mass is 322 g/mol. The summed E-state index contributed by atoms with van der Waals surface area (Å²) in [5.41, 5.74) is 0.551. The Bertz CT molecular complexity index is 663. The van der Waals surface area contributed by atoms with Gasteiger partial charge in [0.1, 0.15) is 11.6 Å². The molecule has 116 valence electrons. The molecule has 0 bridgehead atoms. The molecule has 0 saturated carbocycles. The highest BCUT2D eigenvalue weighted by Crippen LogP contribution is 2.19. The molecular formula is C15H16ClFN4O. The fraction of sp³-hybridized carbons (Fsp3) is 0.267. The van der Waals surface area contributed by atoms with Gasteiger partial charge in [0.15, 0.2) is 5.69 Å². The standard InChI is InChI=1S/C15H16ClFN4O/c1-3-9(2)18-14-7-6-13(20-21-14)15(22)19-10-4-5-12(17)11(16)8-10/h4-9H,3H2,1-2H3,(H,18,21)(H,19,22). The first-order chi connectivity index (χ1) is 10.5. The van der Waals surface area contributed by atoms with E-state index in [1.165, 1.54) is 18.2 Å². The summed E-state index contributed by atoms with van der Waals surface area (Å²) >= 11 is 5.66. The van der Waals surface area contributed by atoms with Crippen LogP contribution in [-0.4, -0.2) is 22.1 Å². The lowest BCUT2D eigenvalue weighted by molar-refractivity contribution is 0.102. The number of rotatable bonds is 5. The Kier molecular flexibility index (Phi) is 5.27. The van der Waals surface area contributed by atoms with Crippen LogP contribution in [0.3, 0.4) is 0 Å². The third-order valence-corrected chi connectivity index (χ3v) is 3.37. The van der Waals surface area contributed by atoms with Gasteiger partial charge < -0.3 is 10.6 Å². The lowest BCUT2D eigenvalue weighted by Crippen LogP contribution is -2.17. The molecule has 0 spiro atoms. The number of aromatic nitrogens is 2. The minimum Gasteiger partial charge on any atom is -0.366 e. The minimum atomic E-state index is -0.542. The molecule has 0 aliphatic heterocycles. The lowest BCUT2D eigenvalue weighted by Gasteiger charge is -2.11. The van der Waals surface area contributed by atoms with E-state index in [4.69, 9.17) is 11.6 Å². The summed E-state index contributed by atoms with van der Waals surface area (Å²) in [6, 6.07) is 7.47. The van der Waals surface area contributed by atoms with Crippen LogP contribution in [0.25, 0.3) is 0 Å². The summed E-state index contributed by atoms with van der Waals surface area (Å²) in [7, 11) is 0. The first kappa shape index (κ1) is 16.2. The molecule has 0 saturated heterocycles. The van der Waals surface area contributed by atoms with Gasteiger partial charge in [0, 0.05) is 11.7 Å². The molecule has 2 aromatic rings. The van der Waals surface area contributed by atoms with Gasteiger partial charge in [0.2, 0.25) is 0 Å². The van der Waals surface area contributed by atoms with E-state index in [1.54, 1.807) is 12.1 Å². The Morgan fingerprint density at radius 3 is 2.68 bits per heavy atom. The Morgan fingerprint density at radius 1 is 1.32 bits per heavy atom. The van der Waals surface area contributed by atoms with Crippen LogP contribution in [0, 0.1) is 5.82 Å². The van der Waals surface area contributed by atoms with Crippen molar-refractivity contribution in [1.29, 1.82) is 0 Å². The number of carbonyl (C=O) groups is 1. The molecule has 1 heterocycles. The van der Waals surface area contributed by atoms with Crippen molar-refractivity contribution in [3.8, 4) is 0 Å². The molecule has 0 aliphatic rings. The fourth-order valence-electron chi connectivity index (χ4n) is 1.65. The molecule has 1 amide bonds. The summed E-state index contributed by atoms with van der Waals surface area (Å²) in [6.07, 6.45) is 0.954. The zero-order chi connectivity index (χ0) is 16.1. The molecule has 1 aromatic carbocycles. The van der Waals surface area contributed by atoms with Crippen molar-refractivity contribution in [2.75, 3.05) is 10.6 Å². The van der Waals surface area contributed by atoms with E-state index in [-0.39, 0.29) is 16.8 Å². The second-order valence-corrected chi connectivity index (χ2v) is 5.25. The van der Waals surface area contributed by atoms with Gasteiger partial charge in [-0.05, 0) is 43.7 Å². The SMILES string of the molecule is CCC(C)Nc1ccc(C(=O)Nc2ccc(F)c(Cl)c2)nn1. The number of amides is 1. The van der Waals surface area contributed by atoms with E-state index in [0.29, 0.717) is 11.5 Å². The van der Waals surface area contributed by atoms with Crippen LogP contribution >= 0.6 is 11.6 Å². The highest BCUT2D eigenvalue weighted by Gasteiger charge is 2.10. The highest BCUT2D eigenvalue weighted by molar-refractivity contribution is 6.31. The quantitative estimate of drug-likeness (QED) is 0.880. The second-order valence-electron chi connectivity index (χ2n) is 4.84. The summed E-state index contributed by atoms with van der Waals surface area (Å²) in [5.74, 6) is -0.374. The van der Waals surface area contributed by atoms with Crippen LogP contribution in [0.15, 0.2) is 30.3 Å². The van der Waals surface area contributed by atoms with E-state index in [9.17, 15) is 9.18 Å². The Morgan fingerprint density at radius 2 is 2.09 bits per heavy atom. The summed E-state index contributed by atoms with van der Waals surface area (Å²) in [4.78, 5) is 12.0. The van der Waals surface area contributed by atoms with Crippen LogP contribution in [0.4, 0.5) is 15.9 Å². The summed E-state index contributed by atoms with van der Waals surface area (Å²) in [5, 5.41) is 13.5.